The van der Waals surface area contributed by atoms with Crippen LogP contribution >= 0.6 is 27.3 Å². The number of fused-ring (bicyclic) bond motifs is 1. The number of anilines is 1. The number of nitrogens with one attached hydrogen (secondary N) is 1. The first-order valence-corrected chi connectivity index (χ1v) is 8.67. The van der Waals surface area contributed by atoms with Crippen LogP contribution in [-0.4, -0.2) is 36.1 Å². The van der Waals surface area contributed by atoms with Gasteiger partial charge in [-0.2, -0.15) is 0 Å². The van der Waals surface area contributed by atoms with E-state index < -0.39 is 0 Å². The molecule has 0 radical (unpaired) electrons. The normalized spacial score (nSPS) is 11.7. The van der Waals surface area contributed by atoms with Gasteiger partial charge in [-0.3, -0.25) is 0 Å². The molecule has 0 saturated heterocycles. The second-order valence-electron chi connectivity index (χ2n) is 5.34. The van der Waals surface area contributed by atoms with E-state index in [9.17, 15) is 0 Å². The molecule has 0 aliphatic rings. The van der Waals surface area contributed by atoms with E-state index in [2.05, 4.69) is 64.2 Å². The number of thiazole rings is 1. The standard InChI is InChI=1S/C15H22BrN3S/c1-11(2)19(3)9-5-4-8-17-15-18-13-7-6-12(16)10-14(13)20-15/h6-7,10-11H,4-5,8-9H2,1-3H3,(H,17,18). The molecule has 0 saturated carbocycles. The second kappa shape index (κ2) is 7.38. The van der Waals surface area contributed by atoms with Gasteiger partial charge in [0.25, 0.3) is 0 Å². The lowest BCUT2D eigenvalue weighted by Crippen LogP contribution is -2.27. The Morgan fingerprint density at radius 2 is 2.15 bits per heavy atom. The second-order valence-corrected chi connectivity index (χ2v) is 7.29. The van der Waals surface area contributed by atoms with Gasteiger partial charge in [-0.05, 0) is 58.5 Å². The van der Waals surface area contributed by atoms with E-state index in [1.54, 1.807) is 11.3 Å². The Morgan fingerprint density at radius 3 is 2.90 bits per heavy atom. The zero-order chi connectivity index (χ0) is 14.5. The highest BCUT2D eigenvalue weighted by molar-refractivity contribution is 9.10. The maximum absolute atomic E-state index is 4.59. The van der Waals surface area contributed by atoms with Crippen LogP contribution in [0.15, 0.2) is 22.7 Å². The average molecular weight is 356 g/mol. The summed E-state index contributed by atoms with van der Waals surface area (Å²) in [4.78, 5) is 6.98. The summed E-state index contributed by atoms with van der Waals surface area (Å²) < 4.78 is 2.33. The van der Waals surface area contributed by atoms with Crippen molar-refractivity contribution in [3.63, 3.8) is 0 Å². The quantitative estimate of drug-likeness (QED) is 0.736. The Bertz CT molecular complexity index is 553. The van der Waals surface area contributed by atoms with Gasteiger partial charge in [-0.15, -0.1) is 0 Å². The summed E-state index contributed by atoms with van der Waals surface area (Å²) in [6.07, 6.45) is 2.40. The van der Waals surface area contributed by atoms with Crippen LogP contribution < -0.4 is 5.32 Å². The molecule has 0 aliphatic heterocycles. The van der Waals surface area contributed by atoms with Crippen molar-refractivity contribution in [2.45, 2.75) is 32.7 Å². The van der Waals surface area contributed by atoms with Gasteiger partial charge in [0.15, 0.2) is 5.13 Å². The minimum Gasteiger partial charge on any atom is -0.361 e. The molecule has 3 nitrogen and oxygen atoms in total. The minimum atomic E-state index is 0.630. The average Bonchev–Trinajstić information content (AvgIpc) is 2.79. The van der Waals surface area contributed by atoms with Crippen LogP contribution in [0.25, 0.3) is 10.2 Å². The fourth-order valence-corrected chi connectivity index (χ4v) is 3.36. The molecule has 0 unspecified atom stereocenters. The highest BCUT2D eigenvalue weighted by Gasteiger charge is 2.04. The number of aromatic nitrogens is 1. The molecule has 0 amide bonds. The summed E-state index contributed by atoms with van der Waals surface area (Å²) in [6, 6.07) is 6.84. The summed E-state index contributed by atoms with van der Waals surface area (Å²) in [7, 11) is 2.18. The SMILES string of the molecule is CC(C)N(C)CCCCNc1nc2ccc(Br)cc2s1. The smallest absolute Gasteiger partial charge is 0.183 e. The van der Waals surface area contributed by atoms with Crippen molar-refractivity contribution < 1.29 is 0 Å². The molecule has 5 heteroatoms. The first kappa shape index (κ1) is 15.7. The maximum Gasteiger partial charge on any atom is 0.183 e. The lowest BCUT2D eigenvalue weighted by atomic mass is 10.2. The molecule has 0 bridgehead atoms. The molecular weight excluding hydrogens is 334 g/mol. The third kappa shape index (κ3) is 4.43. The minimum absolute atomic E-state index is 0.630. The summed E-state index contributed by atoms with van der Waals surface area (Å²) in [5, 5.41) is 4.45. The van der Waals surface area contributed by atoms with E-state index >= 15 is 0 Å². The van der Waals surface area contributed by atoms with Gasteiger partial charge in [-0.1, -0.05) is 27.3 Å². The Labute approximate surface area is 133 Å². The third-order valence-electron chi connectivity index (χ3n) is 3.45. The maximum atomic E-state index is 4.59. The van der Waals surface area contributed by atoms with E-state index in [1.807, 2.05) is 6.07 Å². The zero-order valence-electron chi connectivity index (χ0n) is 12.3. The number of rotatable bonds is 7. The Hall–Kier alpha value is -0.650. The van der Waals surface area contributed by atoms with Gasteiger partial charge in [-0.25, -0.2) is 4.98 Å². The molecule has 1 N–H and O–H groups in total. The van der Waals surface area contributed by atoms with Gasteiger partial charge in [0, 0.05) is 17.1 Å². The molecule has 20 heavy (non-hydrogen) atoms. The Balaban J connectivity index is 1.76. The molecule has 1 aromatic heterocycles. The lowest BCUT2D eigenvalue weighted by Gasteiger charge is -2.20. The number of unbranched alkanes of at least 4 members (excludes halogenated alkanes) is 1. The van der Waals surface area contributed by atoms with Crippen LogP contribution in [-0.2, 0) is 0 Å². The van der Waals surface area contributed by atoms with Crippen LogP contribution in [0.3, 0.4) is 0 Å². The molecule has 0 aliphatic carbocycles. The fraction of sp³-hybridized carbons (Fsp3) is 0.533. The van der Waals surface area contributed by atoms with Crippen LogP contribution in [0, 0.1) is 0 Å². The van der Waals surface area contributed by atoms with Crippen molar-refractivity contribution in [2.24, 2.45) is 0 Å². The monoisotopic (exact) mass is 355 g/mol. The third-order valence-corrected chi connectivity index (χ3v) is 4.91. The van der Waals surface area contributed by atoms with Crippen molar-refractivity contribution in [3.8, 4) is 0 Å². The molecule has 110 valence electrons. The van der Waals surface area contributed by atoms with Crippen molar-refractivity contribution in [2.75, 3.05) is 25.5 Å². The lowest BCUT2D eigenvalue weighted by molar-refractivity contribution is 0.269. The predicted octanol–water partition coefficient (Wildman–Crippen LogP) is 4.59. The van der Waals surface area contributed by atoms with Crippen molar-refractivity contribution in [1.29, 1.82) is 0 Å². The Kier molecular flexibility index (Phi) is 5.81. The molecular formula is C15H22BrN3S. The Morgan fingerprint density at radius 1 is 1.35 bits per heavy atom. The summed E-state index contributed by atoms with van der Waals surface area (Å²) in [5.74, 6) is 0. The summed E-state index contributed by atoms with van der Waals surface area (Å²) in [5.41, 5.74) is 1.07. The number of halogens is 1. The van der Waals surface area contributed by atoms with Gasteiger partial charge in [0.2, 0.25) is 0 Å². The van der Waals surface area contributed by atoms with Crippen molar-refractivity contribution in [3.05, 3.63) is 22.7 Å². The van der Waals surface area contributed by atoms with E-state index in [-0.39, 0.29) is 0 Å². The van der Waals surface area contributed by atoms with E-state index in [4.69, 9.17) is 0 Å². The highest BCUT2D eigenvalue weighted by atomic mass is 79.9. The van der Waals surface area contributed by atoms with E-state index in [0.29, 0.717) is 6.04 Å². The molecule has 1 aromatic carbocycles. The zero-order valence-corrected chi connectivity index (χ0v) is 14.7. The summed E-state index contributed by atoms with van der Waals surface area (Å²) in [6.45, 7) is 6.62. The molecule has 2 rings (SSSR count). The largest absolute Gasteiger partial charge is 0.361 e. The topological polar surface area (TPSA) is 28.2 Å². The van der Waals surface area contributed by atoms with Crippen LogP contribution in [0.4, 0.5) is 5.13 Å². The number of hydrogen-bond donors (Lipinski definition) is 1. The van der Waals surface area contributed by atoms with E-state index in [0.717, 1.165) is 28.2 Å². The fourth-order valence-electron chi connectivity index (χ4n) is 1.91. The highest BCUT2D eigenvalue weighted by Crippen LogP contribution is 2.28. The van der Waals surface area contributed by atoms with Crippen LogP contribution in [0.5, 0.6) is 0 Å². The van der Waals surface area contributed by atoms with Crippen molar-refractivity contribution >= 4 is 42.6 Å². The van der Waals surface area contributed by atoms with Crippen LogP contribution in [0.2, 0.25) is 0 Å². The number of nitrogens with zero attached hydrogens (tertiary/aromatic N) is 2. The molecule has 0 fully saturated rings. The molecule has 2 aromatic rings. The van der Waals surface area contributed by atoms with Gasteiger partial charge in [0.1, 0.15) is 0 Å². The molecule has 1 heterocycles. The van der Waals surface area contributed by atoms with E-state index in [1.165, 1.54) is 17.5 Å². The van der Waals surface area contributed by atoms with Crippen molar-refractivity contribution in [1.82, 2.24) is 9.88 Å². The van der Waals surface area contributed by atoms with Crippen LogP contribution in [0.1, 0.15) is 26.7 Å². The first-order chi connectivity index (χ1) is 9.56. The van der Waals surface area contributed by atoms with Gasteiger partial charge >= 0.3 is 0 Å². The number of benzene rings is 1. The van der Waals surface area contributed by atoms with Gasteiger partial charge in [0.05, 0.1) is 10.2 Å². The predicted molar refractivity (Wildman–Crippen MR) is 92.8 cm³/mol. The summed E-state index contributed by atoms with van der Waals surface area (Å²) >= 11 is 5.21. The first-order valence-electron chi connectivity index (χ1n) is 7.06. The number of hydrogen-bond acceptors (Lipinski definition) is 4. The molecule has 0 atom stereocenters. The molecule has 0 spiro atoms. The van der Waals surface area contributed by atoms with Gasteiger partial charge < -0.3 is 10.2 Å².